The molecule has 0 aliphatic carbocycles. The fraction of sp³-hybridized carbons (Fsp3) is 1.00. The monoisotopic (exact) mass is 224 g/mol. The lowest BCUT2D eigenvalue weighted by Crippen LogP contribution is -2.47. The van der Waals surface area contributed by atoms with Crippen molar-refractivity contribution in [3.8, 4) is 0 Å². The minimum atomic E-state index is -4.02. The van der Waals surface area contributed by atoms with Gasteiger partial charge >= 0.3 is 6.18 Å². The standard InChI is InChI=1S/C10H19F3N2/c1-8-7-15(5-3-9(8)14-2)6-4-10(11,12)13/h8-9,14H,3-7H2,1-2H3. The van der Waals surface area contributed by atoms with Crippen molar-refractivity contribution in [2.45, 2.75) is 32.0 Å². The molecule has 0 radical (unpaired) electrons. The topological polar surface area (TPSA) is 15.3 Å². The predicted octanol–water partition coefficient (Wildman–Crippen LogP) is 1.87. The van der Waals surface area contributed by atoms with E-state index in [9.17, 15) is 13.2 Å². The Balaban J connectivity index is 2.29. The van der Waals surface area contributed by atoms with Crippen LogP contribution < -0.4 is 5.32 Å². The summed E-state index contributed by atoms with van der Waals surface area (Å²) in [6.07, 6.45) is -3.78. The summed E-state index contributed by atoms with van der Waals surface area (Å²) in [5.41, 5.74) is 0. The van der Waals surface area contributed by atoms with Crippen molar-refractivity contribution >= 4 is 0 Å². The fourth-order valence-electron chi connectivity index (χ4n) is 2.15. The lowest BCUT2D eigenvalue weighted by atomic mass is 9.94. The van der Waals surface area contributed by atoms with Crippen molar-refractivity contribution in [3.05, 3.63) is 0 Å². The lowest BCUT2D eigenvalue weighted by Gasteiger charge is -2.36. The van der Waals surface area contributed by atoms with Crippen molar-refractivity contribution in [2.24, 2.45) is 5.92 Å². The van der Waals surface area contributed by atoms with Gasteiger partial charge in [-0.3, -0.25) is 0 Å². The second-order valence-corrected chi connectivity index (χ2v) is 4.33. The van der Waals surface area contributed by atoms with Crippen LogP contribution in [0.25, 0.3) is 0 Å². The van der Waals surface area contributed by atoms with Gasteiger partial charge in [0.25, 0.3) is 0 Å². The van der Waals surface area contributed by atoms with Gasteiger partial charge in [-0.2, -0.15) is 13.2 Å². The molecule has 1 heterocycles. The lowest BCUT2D eigenvalue weighted by molar-refractivity contribution is -0.138. The van der Waals surface area contributed by atoms with Gasteiger partial charge in [-0.1, -0.05) is 6.92 Å². The first-order chi connectivity index (χ1) is 6.92. The Hall–Kier alpha value is -0.290. The first kappa shape index (κ1) is 12.8. The molecule has 1 N–H and O–H groups in total. The second kappa shape index (κ2) is 5.16. The number of likely N-dealkylation sites (tertiary alicyclic amines) is 1. The number of rotatable bonds is 3. The molecular weight excluding hydrogens is 205 g/mol. The smallest absolute Gasteiger partial charge is 0.317 e. The van der Waals surface area contributed by atoms with Gasteiger partial charge in [0.15, 0.2) is 0 Å². The van der Waals surface area contributed by atoms with Crippen LogP contribution in [0.3, 0.4) is 0 Å². The summed E-state index contributed by atoms with van der Waals surface area (Å²) in [4.78, 5) is 1.91. The Kier molecular flexibility index (Phi) is 4.40. The average molecular weight is 224 g/mol. The minimum Gasteiger partial charge on any atom is -0.317 e. The molecule has 0 amide bonds. The molecule has 15 heavy (non-hydrogen) atoms. The van der Waals surface area contributed by atoms with Gasteiger partial charge in [-0.15, -0.1) is 0 Å². The molecule has 90 valence electrons. The molecule has 0 aromatic rings. The number of alkyl halides is 3. The van der Waals surface area contributed by atoms with Crippen LogP contribution in [0.4, 0.5) is 13.2 Å². The number of nitrogens with zero attached hydrogens (tertiary/aromatic N) is 1. The summed E-state index contributed by atoms with van der Waals surface area (Å²) >= 11 is 0. The Morgan fingerprint density at radius 2 is 2.07 bits per heavy atom. The summed E-state index contributed by atoms with van der Waals surface area (Å²) in [6.45, 7) is 3.76. The van der Waals surface area contributed by atoms with Gasteiger partial charge in [-0.05, 0) is 25.9 Å². The van der Waals surface area contributed by atoms with Crippen LogP contribution in [0.15, 0.2) is 0 Å². The third-order valence-electron chi connectivity index (χ3n) is 3.07. The van der Waals surface area contributed by atoms with E-state index in [-0.39, 0.29) is 6.54 Å². The van der Waals surface area contributed by atoms with Crippen LogP contribution in [0.2, 0.25) is 0 Å². The maximum absolute atomic E-state index is 12.0. The largest absolute Gasteiger partial charge is 0.390 e. The molecule has 5 heteroatoms. The number of hydrogen-bond donors (Lipinski definition) is 1. The predicted molar refractivity (Wildman–Crippen MR) is 53.7 cm³/mol. The molecule has 1 saturated heterocycles. The molecule has 1 fully saturated rings. The number of nitrogens with one attached hydrogen (secondary N) is 1. The van der Waals surface area contributed by atoms with Crippen LogP contribution >= 0.6 is 0 Å². The van der Waals surface area contributed by atoms with Crippen molar-refractivity contribution in [3.63, 3.8) is 0 Å². The molecule has 0 saturated carbocycles. The van der Waals surface area contributed by atoms with E-state index >= 15 is 0 Å². The average Bonchev–Trinajstić information content (AvgIpc) is 2.14. The van der Waals surface area contributed by atoms with Crippen LogP contribution in [-0.2, 0) is 0 Å². The number of hydrogen-bond acceptors (Lipinski definition) is 2. The SMILES string of the molecule is CNC1CCN(CCC(F)(F)F)CC1C. The molecule has 2 atom stereocenters. The van der Waals surface area contributed by atoms with Crippen LogP contribution in [0.1, 0.15) is 19.8 Å². The maximum Gasteiger partial charge on any atom is 0.390 e. The zero-order valence-electron chi connectivity index (χ0n) is 9.27. The number of piperidine rings is 1. The van der Waals surface area contributed by atoms with Crippen LogP contribution in [0, 0.1) is 5.92 Å². The van der Waals surface area contributed by atoms with Crippen LogP contribution in [0.5, 0.6) is 0 Å². The van der Waals surface area contributed by atoms with E-state index < -0.39 is 12.6 Å². The van der Waals surface area contributed by atoms with Crippen LogP contribution in [-0.4, -0.2) is 43.8 Å². The molecule has 0 aromatic carbocycles. The molecule has 1 rings (SSSR count). The van der Waals surface area contributed by atoms with Crippen molar-refractivity contribution in [1.82, 2.24) is 10.2 Å². The summed E-state index contributed by atoms with van der Waals surface area (Å²) < 4.78 is 36.0. The van der Waals surface area contributed by atoms with E-state index in [0.717, 1.165) is 19.5 Å². The molecule has 1 aliphatic heterocycles. The third-order valence-corrected chi connectivity index (χ3v) is 3.07. The van der Waals surface area contributed by atoms with Gasteiger partial charge in [0.1, 0.15) is 0 Å². The van der Waals surface area contributed by atoms with E-state index in [4.69, 9.17) is 0 Å². The van der Waals surface area contributed by atoms with E-state index in [0.29, 0.717) is 12.0 Å². The second-order valence-electron chi connectivity index (χ2n) is 4.33. The highest BCUT2D eigenvalue weighted by atomic mass is 19.4. The highest BCUT2D eigenvalue weighted by Gasteiger charge is 2.30. The highest BCUT2D eigenvalue weighted by molar-refractivity contribution is 4.81. The highest BCUT2D eigenvalue weighted by Crippen LogP contribution is 2.22. The molecule has 2 unspecified atom stereocenters. The van der Waals surface area contributed by atoms with E-state index in [2.05, 4.69) is 12.2 Å². The first-order valence-electron chi connectivity index (χ1n) is 5.39. The minimum absolute atomic E-state index is 0.143. The quantitative estimate of drug-likeness (QED) is 0.787. The maximum atomic E-state index is 12.0. The zero-order chi connectivity index (χ0) is 11.5. The molecule has 0 spiro atoms. The van der Waals surface area contributed by atoms with Crippen molar-refractivity contribution in [2.75, 3.05) is 26.7 Å². The third kappa shape index (κ3) is 4.38. The van der Waals surface area contributed by atoms with E-state index in [1.165, 1.54) is 0 Å². The first-order valence-corrected chi connectivity index (χ1v) is 5.39. The Labute approximate surface area is 88.8 Å². The van der Waals surface area contributed by atoms with Gasteiger partial charge in [-0.25, -0.2) is 0 Å². The molecule has 1 aliphatic rings. The Morgan fingerprint density at radius 1 is 1.40 bits per heavy atom. The molecular formula is C10H19F3N2. The van der Waals surface area contributed by atoms with E-state index in [1.54, 1.807) is 0 Å². The molecule has 0 aromatic heterocycles. The van der Waals surface area contributed by atoms with Crippen molar-refractivity contribution < 1.29 is 13.2 Å². The van der Waals surface area contributed by atoms with E-state index in [1.807, 2.05) is 11.9 Å². The number of halogens is 3. The van der Waals surface area contributed by atoms with Gasteiger partial charge < -0.3 is 10.2 Å². The fourth-order valence-corrected chi connectivity index (χ4v) is 2.15. The summed E-state index contributed by atoms with van der Waals surface area (Å²) in [5.74, 6) is 0.428. The summed E-state index contributed by atoms with van der Waals surface area (Å²) in [5, 5.41) is 3.20. The normalized spacial score (nSPS) is 29.4. The zero-order valence-corrected chi connectivity index (χ0v) is 9.27. The molecule has 0 bridgehead atoms. The van der Waals surface area contributed by atoms with Gasteiger partial charge in [0.05, 0.1) is 6.42 Å². The Morgan fingerprint density at radius 3 is 2.53 bits per heavy atom. The van der Waals surface area contributed by atoms with Crippen molar-refractivity contribution in [1.29, 1.82) is 0 Å². The summed E-state index contributed by atoms with van der Waals surface area (Å²) in [7, 11) is 1.91. The summed E-state index contributed by atoms with van der Waals surface area (Å²) in [6, 6.07) is 0.451. The Bertz CT molecular complexity index is 194. The molecule has 2 nitrogen and oxygen atoms in total. The van der Waals surface area contributed by atoms with Gasteiger partial charge in [0.2, 0.25) is 0 Å². The van der Waals surface area contributed by atoms with Gasteiger partial charge in [0, 0.05) is 19.1 Å².